The Labute approximate surface area is 109 Å². The van der Waals surface area contributed by atoms with Crippen LogP contribution in [-0.4, -0.2) is 11.2 Å². The maximum absolute atomic E-state index is 10.1. The fraction of sp³-hybridized carbons (Fsp3) is 0.733. The van der Waals surface area contributed by atoms with Gasteiger partial charge in [-0.25, -0.2) is 0 Å². The van der Waals surface area contributed by atoms with Crippen molar-refractivity contribution in [2.24, 2.45) is 5.92 Å². The Hall–Kier alpha value is -0.340. The normalized spacial score (nSPS) is 20.1. The molecule has 1 heterocycles. The van der Waals surface area contributed by atoms with Crippen molar-refractivity contribution >= 4 is 11.3 Å². The first kappa shape index (κ1) is 13.1. The molecule has 0 amide bonds. The molecule has 1 saturated carbocycles. The molecule has 17 heavy (non-hydrogen) atoms. The molecule has 1 fully saturated rings. The zero-order valence-electron chi connectivity index (χ0n) is 10.6. The summed E-state index contributed by atoms with van der Waals surface area (Å²) >= 11 is 1.75. The molecular weight excluding hydrogens is 228 g/mol. The molecule has 1 aromatic heterocycles. The summed E-state index contributed by atoms with van der Waals surface area (Å²) in [4.78, 5) is 0. The van der Waals surface area contributed by atoms with Gasteiger partial charge in [0.25, 0.3) is 0 Å². The second-order valence-corrected chi connectivity index (χ2v) is 6.20. The highest BCUT2D eigenvalue weighted by atomic mass is 32.1. The SMILES string of the molecule is OC(CCc1ccsc1)CC1CCCCCC1. The van der Waals surface area contributed by atoms with Crippen molar-refractivity contribution in [1.82, 2.24) is 0 Å². The van der Waals surface area contributed by atoms with Crippen molar-refractivity contribution in [2.75, 3.05) is 0 Å². The minimum absolute atomic E-state index is 0.0852. The van der Waals surface area contributed by atoms with Gasteiger partial charge in [0.05, 0.1) is 6.10 Å². The lowest BCUT2D eigenvalue weighted by Gasteiger charge is -2.18. The van der Waals surface area contributed by atoms with Crippen LogP contribution in [0.15, 0.2) is 16.8 Å². The summed E-state index contributed by atoms with van der Waals surface area (Å²) < 4.78 is 0. The number of hydrogen-bond donors (Lipinski definition) is 1. The third kappa shape index (κ3) is 4.81. The first-order valence-electron chi connectivity index (χ1n) is 7.04. The van der Waals surface area contributed by atoms with Crippen molar-refractivity contribution in [3.8, 4) is 0 Å². The zero-order chi connectivity index (χ0) is 11.9. The van der Waals surface area contributed by atoms with Gasteiger partial charge >= 0.3 is 0 Å². The predicted octanol–water partition coefficient (Wildman–Crippen LogP) is 4.40. The topological polar surface area (TPSA) is 20.2 Å². The Morgan fingerprint density at radius 2 is 2.00 bits per heavy atom. The van der Waals surface area contributed by atoms with Crippen molar-refractivity contribution in [2.45, 2.75) is 63.9 Å². The molecule has 0 radical (unpaired) electrons. The second-order valence-electron chi connectivity index (χ2n) is 5.42. The summed E-state index contributed by atoms with van der Waals surface area (Å²) in [6.07, 6.45) is 11.2. The van der Waals surface area contributed by atoms with Crippen molar-refractivity contribution < 1.29 is 5.11 Å². The number of aliphatic hydroxyl groups excluding tert-OH is 1. The van der Waals surface area contributed by atoms with E-state index in [-0.39, 0.29) is 6.10 Å². The molecule has 1 nitrogen and oxygen atoms in total. The maximum Gasteiger partial charge on any atom is 0.0546 e. The van der Waals surface area contributed by atoms with Gasteiger partial charge in [0, 0.05) is 0 Å². The summed E-state index contributed by atoms with van der Waals surface area (Å²) in [7, 11) is 0. The highest BCUT2D eigenvalue weighted by Gasteiger charge is 2.16. The number of thiophene rings is 1. The van der Waals surface area contributed by atoms with E-state index in [0.717, 1.165) is 25.2 Å². The summed E-state index contributed by atoms with van der Waals surface area (Å²) in [5.74, 6) is 0.787. The molecule has 1 atom stereocenters. The second kappa shape index (κ2) is 7.17. The maximum atomic E-state index is 10.1. The van der Waals surface area contributed by atoms with E-state index in [1.807, 2.05) is 0 Å². The molecule has 1 aliphatic carbocycles. The van der Waals surface area contributed by atoms with E-state index in [1.165, 1.54) is 44.1 Å². The van der Waals surface area contributed by atoms with Gasteiger partial charge in [0.15, 0.2) is 0 Å². The molecule has 0 spiro atoms. The van der Waals surface area contributed by atoms with Crippen LogP contribution in [0.3, 0.4) is 0 Å². The molecule has 0 aromatic carbocycles. The van der Waals surface area contributed by atoms with Crippen LogP contribution in [0.2, 0.25) is 0 Å². The lowest BCUT2D eigenvalue weighted by molar-refractivity contribution is 0.129. The number of hydrogen-bond acceptors (Lipinski definition) is 2. The van der Waals surface area contributed by atoms with Crippen molar-refractivity contribution in [1.29, 1.82) is 0 Å². The largest absolute Gasteiger partial charge is 0.393 e. The van der Waals surface area contributed by atoms with Gasteiger partial charge in [-0.15, -0.1) is 0 Å². The number of aliphatic hydroxyl groups is 1. The van der Waals surface area contributed by atoms with E-state index in [1.54, 1.807) is 11.3 Å². The van der Waals surface area contributed by atoms with Gasteiger partial charge in [-0.1, -0.05) is 38.5 Å². The molecule has 1 aromatic rings. The monoisotopic (exact) mass is 252 g/mol. The van der Waals surface area contributed by atoms with Gasteiger partial charge in [-0.05, 0) is 47.6 Å². The molecule has 0 bridgehead atoms. The van der Waals surface area contributed by atoms with Crippen LogP contribution in [-0.2, 0) is 6.42 Å². The average molecular weight is 252 g/mol. The molecule has 1 aliphatic rings. The third-order valence-electron chi connectivity index (χ3n) is 3.93. The van der Waals surface area contributed by atoms with Crippen LogP contribution in [0.1, 0.15) is 56.9 Å². The number of rotatable bonds is 5. The lowest BCUT2D eigenvalue weighted by atomic mass is 9.92. The smallest absolute Gasteiger partial charge is 0.0546 e. The van der Waals surface area contributed by atoms with Gasteiger partial charge < -0.3 is 5.11 Å². The summed E-state index contributed by atoms with van der Waals surface area (Å²) in [5, 5.41) is 14.4. The molecule has 2 heteroatoms. The third-order valence-corrected chi connectivity index (χ3v) is 4.66. The highest BCUT2D eigenvalue weighted by Crippen LogP contribution is 2.27. The fourth-order valence-electron chi connectivity index (χ4n) is 2.87. The Bertz CT molecular complexity index is 286. The van der Waals surface area contributed by atoms with Crippen molar-refractivity contribution in [3.05, 3.63) is 22.4 Å². The highest BCUT2D eigenvalue weighted by molar-refractivity contribution is 7.07. The van der Waals surface area contributed by atoms with Gasteiger partial charge in [-0.3, -0.25) is 0 Å². The molecule has 0 aliphatic heterocycles. The van der Waals surface area contributed by atoms with Crippen molar-refractivity contribution in [3.63, 3.8) is 0 Å². The first-order valence-corrected chi connectivity index (χ1v) is 7.98. The van der Waals surface area contributed by atoms with E-state index < -0.39 is 0 Å². The minimum Gasteiger partial charge on any atom is -0.393 e. The van der Waals surface area contributed by atoms with E-state index in [4.69, 9.17) is 0 Å². The molecule has 1 N–H and O–H groups in total. The quantitative estimate of drug-likeness (QED) is 0.770. The zero-order valence-corrected chi connectivity index (χ0v) is 11.4. The Morgan fingerprint density at radius 1 is 1.24 bits per heavy atom. The van der Waals surface area contributed by atoms with Crippen LogP contribution < -0.4 is 0 Å². The molecule has 2 rings (SSSR count). The van der Waals surface area contributed by atoms with Crippen LogP contribution in [0.25, 0.3) is 0 Å². The van der Waals surface area contributed by atoms with E-state index in [2.05, 4.69) is 16.8 Å². The van der Waals surface area contributed by atoms with Crippen LogP contribution in [0, 0.1) is 5.92 Å². The molecular formula is C15H24OS. The standard InChI is InChI=1S/C15H24OS/c16-15(8-7-14-9-10-17-12-14)11-13-5-3-1-2-4-6-13/h9-10,12-13,15-16H,1-8,11H2. The van der Waals surface area contributed by atoms with Gasteiger partial charge in [-0.2, -0.15) is 11.3 Å². The molecule has 96 valence electrons. The molecule has 1 unspecified atom stereocenters. The van der Waals surface area contributed by atoms with Crippen LogP contribution in [0.4, 0.5) is 0 Å². The van der Waals surface area contributed by atoms with Gasteiger partial charge in [0.1, 0.15) is 0 Å². The van der Waals surface area contributed by atoms with Crippen LogP contribution >= 0.6 is 11.3 Å². The first-order chi connectivity index (χ1) is 8.34. The number of aryl methyl sites for hydroxylation is 1. The Balaban J connectivity index is 1.67. The van der Waals surface area contributed by atoms with E-state index in [9.17, 15) is 5.11 Å². The minimum atomic E-state index is -0.0852. The lowest BCUT2D eigenvalue weighted by Crippen LogP contribution is -2.14. The van der Waals surface area contributed by atoms with E-state index >= 15 is 0 Å². The summed E-state index contributed by atoms with van der Waals surface area (Å²) in [6, 6.07) is 2.17. The Morgan fingerprint density at radius 3 is 2.65 bits per heavy atom. The van der Waals surface area contributed by atoms with E-state index in [0.29, 0.717) is 0 Å². The van der Waals surface area contributed by atoms with Crippen LogP contribution in [0.5, 0.6) is 0 Å². The molecule has 0 saturated heterocycles. The predicted molar refractivity (Wildman–Crippen MR) is 74.5 cm³/mol. The fourth-order valence-corrected chi connectivity index (χ4v) is 3.57. The average Bonchev–Trinajstić information content (AvgIpc) is 2.72. The summed E-state index contributed by atoms with van der Waals surface area (Å²) in [6.45, 7) is 0. The van der Waals surface area contributed by atoms with Gasteiger partial charge in [0.2, 0.25) is 0 Å². The Kier molecular flexibility index (Phi) is 5.53. The summed E-state index contributed by atoms with van der Waals surface area (Å²) in [5.41, 5.74) is 1.38.